The third-order valence-electron chi connectivity index (χ3n) is 6.89. The average Bonchev–Trinajstić information content (AvgIpc) is 3.40. The fourth-order valence-corrected chi connectivity index (χ4v) is 5.79. The van der Waals surface area contributed by atoms with E-state index in [0.717, 1.165) is 5.56 Å². The van der Waals surface area contributed by atoms with Crippen molar-refractivity contribution in [2.45, 2.75) is 69.9 Å². The molecule has 8 nitrogen and oxygen atoms in total. The Morgan fingerprint density at radius 3 is 2.66 bits per heavy atom. The van der Waals surface area contributed by atoms with E-state index in [2.05, 4.69) is 5.32 Å². The quantitative estimate of drug-likeness (QED) is 0.581. The molecule has 0 aromatic heterocycles. The van der Waals surface area contributed by atoms with Gasteiger partial charge in [-0.25, -0.2) is 0 Å². The van der Waals surface area contributed by atoms with Gasteiger partial charge >= 0.3 is 5.97 Å². The second-order valence-electron chi connectivity index (χ2n) is 9.24. The van der Waals surface area contributed by atoms with Gasteiger partial charge in [-0.05, 0) is 45.6 Å². The van der Waals surface area contributed by atoms with E-state index in [4.69, 9.17) is 9.47 Å². The molecule has 1 aromatic rings. The number of ether oxygens (including phenoxy) is 2. The van der Waals surface area contributed by atoms with E-state index in [1.807, 2.05) is 44.2 Å². The van der Waals surface area contributed by atoms with Crippen molar-refractivity contribution in [2.24, 2.45) is 11.8 Å². The molecule has 0 saturated carbocycles. The molecular weight excluding hydrogens is 412 g/mol. The van der Waals surface area contributed by atoms with E-state index in [-0.39, 0.29) is 31.1 Å². The highest BCUT2D eigenvalue weighted by atomic mass is 16.6. The topological polar surface area (TPSA) is 105 Å². The molecule has 3 fully saturated rings. The molecule has 174 valence electrons. The minimum absolute atomic E-state index is 0.129. The monoisotopic (exact) mass is 444 g/mol. The lowest BCUT2D eigenvalue weighted by molar-refractivity contribution is -0.155. The number of amides is 2. The third kappa shape index (κ3) is 3.59. The average molecular weight is 445 g/mol. The molecule has 3 aliphatic heterocycles. The highest BCUT2D eigenvalue weighted by molar-refractivity contribution is 5.98. The predicted molar refractivity (Wildman–Crippen MR) is 115 cm³/mol. The first-order valence-electron chi connectivity index (χ1n) is 11.5. The molecule has 2 unspecified atom stereocenters. The molecule has 4 rings (SSSR count). The highest BCUT2D eigenvalue weighted by Gasteiger charge is 2.75. The zero-order valence-corrected chi connectivity index (χ0v) is 18.8. The van der Waals surface area contributed by atoms with Gasteiger partial charge in [0.2, 0.25) is 11.8 Å². The summed E-state index contributed by atoms with van der Waals surface area (Å²) in [4.78, 5) is 41.5. The van der Waals surface area contributed by atoms with Crippen molar-refractivity contribution in [1.29, 1.82) is 0 Å². The van der Waals surface area contributed by atoms with Gasteiger partial charge < -0.3 is 24.8 Å². The number of nitrogens with one attached hydrogen (secondary N) is 1. The normalized spacial score (nSPS) is 31.7. The number of hydrogen-bond acceptors (Lipinski definition) is 6. The zero-order valence-electron chi connectivity index (χ0n) is 18.8. The van der Waals surface area contributed by atoms with E-state index >= 15 is 0 Å². The second kappa shape index (κ2) is 8.83. The fraction of sp³-hybridized carbons (Fsp3) is 0.625. The molecule has 8 heteroatoms. The molecule has 3 heterocycles. The lowest BCUT2D eigenvalue weighted by Gasteiger charge is -2.37. The fourth-order valence-electron chi connectivity index (χ4n) is 5.79. The van der Waals surface area contributed by atoms with Gasteiger partial charge in [-0.2, -0.15) is 0 Å². The first-order chi connectivity index (χ1) is 15.3. The van der Waals surface area contributed by atoms with E-state index in [1.54, 1.807) is 6.92 Å². The first-order valence-corrected chi connectivity index (χ1v) is 11.5. The van der Waals surface area contributed by atoms with Crippen molar-refractivity contribution in [3.8, 4) is 0 Å². The van der Waals surface area contributed by atoms with Crippen molar-refractivity contribution >= 4 is 17.8 Å². The van der Waals surface area contributed by atoms with Crippen LogP contribution in [0.25, 0.3) is 0 Å². The van der Waals surface area contributed by atoms with Gasteiger partial charge in [-0.1, -0.05) is 30.3 Å². The maximum atomic E-state index is 13.8. The highest BCUT2D eigenvalue weighted by Crippen LogP contribution is 2.59. The Labute approximate surface area is 188 Å². The smallest absolute Gasteiger partial charge is 0.312 e. The molecule has 32 heavy (non-hydrogen) atoms. The van der Waals surface area contributed by atoms with Crippen LogP contribution >= 0.6 is 0 Å². The SMILES string of the molecule is CCOC(=O)[C@@H]1[C@H]2C(=O)N([C@@H](CO)Cc3ccccc3)C(C(=O)NC(C)C)C23CC[C@H]1O3. The summed E-state index contributed by atoms with van der Waals surface area (Å²) >= 11 is 0. The predicted octanol–water partition coefficient (Wildman–Crippen LogP) is 1.05. The van der Waals surface area contributed by atoms with Crippen LogP contribution in [0, 0.1) is 11.8 Å². The van der Waals surface area contributed by atoms with Gasteiger partial charge in [0, 0.05) is 6.04 Å². The number of likely N-dealkylation sites (tertiary alicyclic amines) is 1. The maximum absolute atomic E-state index is 13.8. The Balaban J connectivity index is 1.74. The standard InChI is InChI=1S/C24H32N2O6/c1-4-31-23(30)18-17-10-11-24(32-17)19(18)22(29)26(20(24)21(28)25-14(2)3)16(13-27)12-15-8-6-5-7-9-15/h5-9,14,16-20,27H,4,10-13H2,1-3H3,(H,25,28)/t16-,17-,18+,19+,20?,24?/m1/s1. The Bertz CT molecular complexity index is 875. The summed E-state index contributed by atoms with van der Waals surface area (Å²) in [5, 5.41) is 13.2. The maximum Gasteiger partial charge on any atom is 0.312 e. The number of rotatable bonds is 8. The molecule has 2 N–H and O–H groups in total. The third-order valence-corrected chi connectivity index (χ3v) is 6.89. The summed E-state index contributed by atoms with van der Waals surface area (Å²) in [6.07, 6.45) is 1.07. The Morgan fingerprint density at radius 1 is 1.31 bits per heavy atom. The van der Waals surface area contributed by atoms with Crippen LogP contribution in [0.1, 0.15) is 39.2 Å². The van der Waals surface area contributed by atoms with Crippen molar-refractivity contribution in [3.63, 3.8) is 0 Å². The number of nitrogens with zero attached hydrogens (tertiary/aromatic N) is 1. The number of carbonyl (C=O) groups is 3. The van der Waals surface area contributed by atoms with Crippen LogP contribution in [0.2, 0.25) is 0 Å². The van der Waals surface area contributed by atoms with Gasteiger partial charge in [-0.15, -0.1) is 0 Å². The van der Waals surface area contributed by atoms with Gasteiger partial charge in [0.25, 0.3) is 0 Å². The van der Waals surface area contributed by atoms with Crippen LogP contribution in [0.3, 0.4) is 0 Å². The van der Waals surface area contributed by atoms with Crippen LogP contribution < -0.4 is 5.32 Å². The van der Waals surface area contributed by atoms with Crippen LogP contribution in [-0.4, -0.2) is 70.8 Å². The molecular formula is C24H32N2O6. The summed E-state index contributed by atoms with van der Waals surface area (Å²) < 4.78 is 11.6. The number of carbonyl (C=O) groups excluding carboxylic acids is 3. The second-order valence-corrected chi connectivity index (χ2v) is 9.24. The largest absolute Gasteiger partial charge is 0.466 e. The van der Waals surface area contributed by atoms with Crippen molar-refractivity contribution < 1.29 is 29.0 Å². The van der Waals surface area contributed by atoms with Gasteiger partial charge in [0.15, 0.2) is 0 Å². The summed E-state index contributed by atoms with van der Waals surface area (Å²) in [7, 11) is 0. The number of aliphatic hydroxyl groups excluding tert-OH is 1. The van der Waals surface area contributed by atoms with Crippen LogP contribution in [-0.2, 0) is 30.3 Å². The molecule has 3 aliphatic rings. The molecule has 3 saturated heterocycles. The number of esters is 1. The lowest BCUT2D eigenvalue weighted by Crippen LogP contribution is -2.59. The summed E-state index contributed by atoms with van der Waals surface area (Å²) in [5.41, 5.74) is -0.133. The molecule has 2 amide bonds. The number of aliphatic hydroxyl groups is 1. The van der Waals surface area contributed by atoms with E-state index < -0.39 is 41.6 Å². The van der Waals surface area contributed by atoms with E-state index in [0.29, 0.717) is 19.3 Å². The van der Waals surface area contributed by atoms with E-state index in [9.17, 15) is 19.5 Å². The van der Waals surface area contributed by atoms with Crippen molar-refractivity contribution in [1.82, 2.24) is 10.2 Å². The van der Waals surface area contributed by atoms with Gasteiger partial charge in [0.1, 0.15) is 11.6 Å². The molecule has 0 radical (unpaired) electrons. The zero-order chi connectivity index (χ0) is 23.0. The first kappa shape index (κ1) is 22.7. The van der Waals surface area contributed by atoms with Crippen LogP contribution in [0.4, 0.5) is 0 Å². The summed E-state index contributed by atoms with van der Waals surface area (Å²) in [6, 6.07) is 7.89. The number of benzene rings is 1. The number of hydrogen-bond donors (Lipinski definition) is 2. The van der Waals surface area contributed by atoms with Crippen molar-refractivity contribution in [3.05, 3.63) is 35.9 Å². The summed E-state index contributed by atoms with van der Waals surface area (Å²) in [5.74, 6) is -2.60. The van der Waals surface area contributed by atoms with Gasteiger partial charge in [0.05, 0.1) is 37.2 Å². The van der Waals surface area contributed by atoms with Gasteiger partial charge in [-0.3, -0.25) is 14.4 Å². The Kier molecular flexibility index (Phi) is 6.27. The number of fused-ring (bicyclic) bond motifs is 1. The molecule has 2 bridgehead atoms. The molecule has 1 aromatic carbocycles. The lowest BCUT2D eigenvalue weighted by atomic mass is 9.70. The Morgan fingerprint density at radius 2 is 2.03 bits per heavy atom. The molecule has 0 aliphatic carbocycles. The minimum atomic E-state index is -1.08. The van der Waals surface area contributed by atoms with E-state index in [1.165, 1.54) is 4.90 Å². The van der Waals surface area contributed by atoms with Crippen molar-refractivity contribution in [2.75, 3.05) is 13.2 Å². The molecule has 1 spiro atoms. The van der Waals surface area contributed by atoms with Crippen LogP contribution in [0.5, 0.6) is 0 Å². The molecule has 6 atom stereocenters. The summed E-state index contributed by atoms with van der Waals surface area (Å²) in [6.45, 7) is 5.35. The Hall–Kier alpha value is -2.45. The van der Waals surface area contributed by atoms with Crippen LogP contribution in [0.15, 0.2) is 30.3 Å². The minimum Gasteiger partial charge on any atom is -0.466 e.